The number of benzene rings is 2. The first-order valence-electron chi connectivity index (χ1n) is 7.08. The monoisotopic (exact) mass is 446 g/mol. The van der Waals surface area contributed by atoms with E-state index >= 15 is 0 Å². The van der Waals surface area contributed by atoms with E-state index in [0.717, 1.165) is 20.1 Å². The molecule has 1 heterocycles. The Morgan fingerprint density at radius 3 is 1.29 bits per heavy atom. The molecule has 1 aromatic heterocycles. The minimum Gasteiger partial charge on any atom is -0.316 e. The first-order chi connectivity index (χ1) is 11.5. The van der Waals surface area contributed by atoms with E-state index < -0.39 is 0 Å². The molecule has 0 aliphatic rings. The van der Waals surface area contributed by atoms with Gasteiger partial charge in [-0.25, -0.2) is 0 Å². The fourth-order valence-electron chi connectivity index (χ4n) is 2.15. The summed E-state index contributed by atoms with van der Waals surface area (Å²) in [6, 6.07) is 14.9. The van der Waals surface area contributed by atoms with Crippen LogP contribution < -0.4 is 21.8 Å². The van der Waals surface area contributed by atoms with Gasteiger partial charge in [-0.1, -0.05) is 56.1 Å². The van der Waals surface area contributed by atoms with Crippen LogP contribution in [-0.4, -0.2) is 9.97 Å². The van der Waals surface area contributed by atoms with Gasteiger partial charge in [-0.3, -0.25) is 9.59 Å². The van der Waals surface area contributed by atoms with Crippen LogP contribution >= 0.6 is 31.9 Å². The minimum absolute atomic E-state index is 0.218. The van der Waals surface area contributed by atoms with Crippen molar-refractivity contribution >= 4 is 44.0 Å². The standard InChI is InChI=1S/C18H12Br2N2O2/c19-13-5-1-11(2-6-13)9-15-17(23)22-16(18(24)21-15)10-12-3-7-14(20)8-4-12/h1-10H,(H,21,24)(H,22,23). The Labute approximate surface area is 153 Å². The molecule has 0 saturated heterocycles. The maximum atomic E-state index is 12.2. The highest BCUT2D eigenvalue weighted by molar-refractivity contribution is 9.10. The van der Waals surface area contributed by atoms with Crippen molar-refractivity contribution in [1.29, 1.82) is 0 Å². The molecule has 3 aromatic rings. The molecule has 120 valence electrons. The van der Waals surface area contributed by atoms with Crippen molar-refractivity contribution in [1.82, 2.24) is 9.97 Å². The first kappa shape index (κ1) is 16.7. The van der Waals surface area contributed by atoms with Crippen molar-refractivity contribution in [3.63, 3.8) is 0 Å². The topological polar surface area (TPSA) is 65.7 Å². The second-order valence-corrected chi connectivity index (χ2v) is 6.96. The van der Waals surface area contributed by atoms with Crippen molar-refractivity contribution in [3.05, 3.63) is 100 Å². The van der Waals surface area contributed by atoms with Gasteiger partial charge in [0.15, 0.2) is 0 Å². The van der Waals surface area contributed by atoms with Gasteiger partial charge in [0.25, 0.3) is 11.1 Å². The molecule has 0 unspecified atom stereocenters. The van der Waals surface area contributed by atoms with Crippen molar-refractivity contribution < 1.29 is 0 Å². The highest BCUT2D eigenvalue weighted by Gasteiger charge is 1.97. The van der Waals surface area contributed by atoms with Crippen molar-refractivity contribution in [2.45, 2.75) is 0 Å². The SMILES string of the molecule is O=c1[nH]c(=Cc2ccc(Br)cc2)c(=O)[nH]c1=Cc1ccc(Br)cc1. The van der Waals surface area contributed by atoms with E-state index in [0.29, 0.717) is 0 Å². The number of halogens is 2. The fraction of sp³-hybridized carbons (Fsp3) is 0. The Hall–Kier alpha value is -2.18. The molecule has 2 N–H and O–H groups in total. The lowest BCUT2D eigenvalue weighted by Crippen LogP contribution is -2.46. The predicted molar refractivity (Wildman–Crippen MR) is 102 cm³/mol. The summed E-state index contributed by atoms with van der Waals surface area (Å²) in [5.74, 6) is 0. The van der Waals surface area contributed by atoms with Crippen molar-refractivity contribution in [2.24, 2.45) is 0 Å². The van der Waals surface area contributed by atoms with Crippen LogP contribution in [0.15, 0.2) is 67.1 Å². The summed E-state index contributed by atoms with van der Waals surface area (Å²) in [4.78, 5) is 29.7. The van der Waals surface area contributed by atoms with Crippen LogP contribution in [-0.2, 0) is 0 Å². The average Bonchev–Trinajstić information content (AvgIpc) is 2.56. The van der Waals surface area contributed by atoms with Crippen molar-refractivity contribution in [3.8, 4) is 0 Å². The quantitative estimate of drug-likeness (QED) is 0.632. The van der Waals surface area contributed by atoms with Crippen LogP contribution in [0.2, 0.25) is 0 Å². The summed E-state index contributed by atoms with van der Waals surface area (Å²) < 4.78 is 1.89. The third-order valence-electron chi connectivity index (χ3n) is 3.35. The largest absolute Gasteiger partial charge is 0.316 e. The van der Waals surface area contributed by atoms with E-state index in [1.54, 1.807) is 12.2 Å². The smallest absolute Gasteiger partial charge is 0.272 e. The van der Waals surface area contributed by atoms with Gasteiger partial charge in [0, 0.05) is 8.95 Å². The Bertz CT molecular complexity index is 1000. The lowest BCUT2D eigenvalue weighted by molar-refractivity contribution is 1.00. The van der Waals surface area contributed by atoms with Gasteiger partial charge in [-0.15, -0.1) is 0 Å². The summed E-state index contributed by atoms with van der Waals surface area (Å²) >= 11 is 6.71. The van der Waals surface area contributed by atoms with Crippen LogP contribution in [0.3, 0.4) is 0 Å². The van der Waals surface area contributed by atoms with E-state index in [1.807, 2.05) is 48.5 Å². The molecule has 0 spiro atoms. The van der Waals surface area contributed by atoms with E-state index in [2.05, 4.69) is 41.8 Å². The Balaban J connectivity index is 2.09. The summed E-state index contributed by atoms with van der Waals surface area (Å²) in [5.41, 5.74) is 0.953. The van der Waals surface area contributed by atoms with Gasteiger partial charge in [-0.2, -0.15) is 0 Å². The summed E-state index contributed by atoms with van der Waals surface area (Å²) in [6.07, 6.45) is 3.27. The van der Waals surface area contributed by atoms with Crippen LogP contribution in [0.25, 0.3) is 12.2 Å². The molecule has 0 aliphatic heterocycles. The van der Waals surface area contributed by atoms with Gasteiger partial charge in [0.1, 0.15) is 10.7 Å². The maximum absolute atomic E-state index is 12.2. The average molecular weight is 448 g/mol. The van der Waals surface area contributed by atoms with E-state index in [9.17, 15) is 9.59 Å². The molecule has 0 aliphatic carbocycles. The van der Waals surface area contributed by atoms with Gasteiger partial charge < -0.3 is 9.97 Å². The highest BCUT2D eigenvalue weighted by atomic mass is 79.9. The summed E-state index contributed by atoms with van der Waals surface area (Å²) in [5, 5.41) is 0.436. The molecule has 0 atom stereocenters. The number of hydrogen-bond donors (Lipinski definition) is 2. The van der Waals surface area contributed by atoms with Gasteiger partial charge in [0.05, 0.1) is 0 Å². The number of rotatable bonds is 2. The van der Waals surface area contributed by atoms with Gasteiger partial charge >= 0.3 is 0 Å². The molecule has 0 radical (unpaired) electrons. The number of hydrogen-bond acceptors (Lipinski definition) is 2. The molecule has 0 fully saturated rings. The molecule has 3 rings (SSSR count). The second-order valence-electron chi connectivity index (χ2n) is 5.13. The predicted octanol–water partition coefficient (Wildman–Crippen LogP) is 2.25. The highest BCUT2D eigenvalue weighted by Crippen LogP contribution is 2.11. The summed E-state index contributed by atoms with van der Waals surface area (Å²) in [6.45, 7) is 0. The Kier molecular flexibility index (Phi) is 4.97. The lowest BCUT2D eigenvalue weighted by Gasteiger charge is -1.95. The lowest BCUT2D eigenvalue weighted by atomic mass is 10.2. The first-order valence-corrected chi connectivity index (χ1v) is 8.67. The molecule has 0 bridgehead atoms. The fourth-order valence-corrected chi connectivity index (χ4v) is 2.68. The molecule has 0 saturated carbocycles. The third kappa shape index (κ3) is 4.01. The second kappa shape index (κ2) is 7.15. The number of aromatic nitrogens is 2. The van der Waals surface area contributed by atoms with Crippen LogP contribution in [0, 0.1) is 0 Å². The molecule has 0 amide bonds. The van der Waals surface area contributed by atoms with E-state index in [-0.39, 0.29) is 21.8 Å². The molecule has 4 nitrogen and oxygen atoms in total. The summed E-state index contributed by atoms with van der Waals surface area (Å²) in [7, 11) is 0. The minimum atomic E-state index is -0.346. The molecular formula is C18H12Br2N2O2. The maximum Gasteiger partial charge on any atom is 0.272 e. The molecule has 2 aromatic carbocycles. The van der Waals surface area contributed by atoms with Crippen LogP contribution in [0.1, 0.15) is 11.1 Å². The van der Waals surface area contributed by atoms with Gasteiger partial charge in [-0.05, 0) is 47.5 Å². The molecule has 24 heavy (non-hydrogen) atoms. The van der Waals surface area contributed by atoms with E-state index in [4.69, 9.17) is 0 Å². The number of aromatic amines is 2. The van der Waals surface area contributed by atoms with Crippen LogP contribution in [0.4, 0.5) is 0 Å². The molecular weight excluding hydrogens is 436 g/mol. The number of nitrogens with one attached hydrogen (secondary N) is 2. The van der Waals surface area contributed by atoms with Crippen LogP contribution in [0.5, 0.6) is 0 Å². The third-order valence-corrected chi connectivity index (χ3v) is 4.41. The number of H-pyrrole nitrogens is 2. The Morgan fingerprint density at radius 2 is 0.958 bits per heavy atom. The zero-order chi connectivity index (χ0) is 17.1. The zero-order valence-electron chi connectivity index (χ0n) is 12.3. The van der Waals surface area contributed by atoms with E-state index in [1.165, 1.54) is 0 Å². The normalized spacial score (nSPS) is 12.6. The molecule has 6 heteroatoms. The van der Waals surface area contributed by atoms with Gasteiger partial charge in [0.2, 0.25) is 0 Å². The zero-order valence-corrected chi connectivity index (χ0v) is 15.5. The Morgan fingerprint density at radius 1 is 0.625 bits per heavy atom. The van der Waals surface area contributed by atoms with Crippen molar-refractivity contribution in [2.75, 3.05) is 0 Å².